The molecule has 0 saturated carbocycles. The van der Waals surface area contributed by atoms with E-state index in [9.17, 15) is 22.8 Å². The van der Waals surface area contributed by atoms with E-state index < -0.39 is 27.9 Å². The molecule has 1 atom stereocenters. The highest BCUT2D eigenvalue weighted by molar-refractivity contribution is 7.90. The van der Waals surface area contributed by atoms with Crippen molar-refractivity contribution in [3.05, 3.63) is 0 Å². The molecule has 10 heteroatoms. The van der Waals surface area contributed by atoms with Gasteiger partial charge in [0.15, 0.2) is 0 Å². The number of carbonyl (C=O) groups excluding carboxylic acids is 2. The normalized spacial score (nSPS) is 12.3. The van der Waals surface area contributed by atoms with Crippen molar-refractivity contribution in [2.75, 3.05) is 25.1 Å². The minimum atomic E-state index is -3.30. The monoisotopic (exact) mass is 309 g/mol. The van der Waals surface area contributed by atoms with Crippen LogP contribution < -0.4 is 16.0 Å². The van der Waals surface area contributed by atoms with Crippen LogP contribution in [-0.4, -0.2) is 62.6 Å². The number of nitrogens with one attached hydrogen (secondary N) is 3. The maximum Gasteiger partial charge on any atom is 0.326 e. The van der Waals surface area contributed by atoms with Crippen molar-refractivity contribution in [2.45, 2.75) is 19.4 Å². The lowest BCUT2D eigenvalue weighted by molar-refractivity contribution is -0.139. The topological polar surface area (TPSA) is 142 Å². The Morgan fingerprint density at radius 3 is 2.15 bits per heavy atom. The van der Waals surface area contributed by atoms with Gasteiger partial charge in [0.05, 0.1) is 5.75 Å². The number of sulfone groups is 1. The zero-order valence-electron chi connectivity index (χ0n) is 11.3. The van der Waals surface area contributed by atoms with Gasteiger partial charge in [0.25, 0.3) is 0 Å². The summed E-state index contributed by atoms with van der Waals surface area (Å²) in [4.78, 5) is 32.8. The minimum absolute atomic E-state index is 0.129. The zero-order valence-corrected chi connectivity index (χ0v) is 12.1. The van der Waals surface area contributed by atoms with Gasteiger partial charge in [-0.2, -0.15) is 0 Å². The Morgan fingerprint density at radius 1 is 1.15 bits per heavy atom. The number of urea groups is 1. The Kier molecular flexibility index (Phi) is 7.59. The second-order valence-electron chi connectivity index (χ2n) is 4.19. The molecule has 9 nitrogen and oxygen atoms in total. The lowest BCUT2D eigenvalue weighted by Crippen LogP contribution is -2.48. The summed E-state index contributed by atoms with van der Waals surface area (Å²) in [7, 11) is -3.30. The van der Waals surface area contributed by atoms with Crippen LogP contribution in [0.25, 0.3) is 0 Å². The number of carbonyl (C=O) groups is 3. The van der Waals surface area contributed by atoms with Gasteiger partial charge >= 0.3 is 12.0 Å². The molecule has 0 fully saturated rings. The molecule has 20 heavy (non-hydrogen) atoms. The van der Waals surface area contributed by atoms with E-state index in [2.05, 4.69) is 16.0 Å². The SMILES string of the molecule is CC(=O)NCCNC(=O)NC(CCS(C)(=O)=O)C(=O)O. The molecule has 0 bridgehead atoms. The summed E-state index contributed by atoms with van der Waals surface area (Å²) in [5, 5.41) is 15.8. The lowest BCUT2D eigenvalue weighted by Gasteiger charge is -2.14. The van der Waals surface area contributed by atoms with E-state index in [0.29, 0.717) is 0 Å². The third kappa shape index (κ3) is 10.1. The summed E-state index contributed by atoms with van der Waals surface area (Å²) >= 11 is 0. The van der Waals surface area contributed by atoms with E-state index in [1.54, 1.807) is 0 Å². The molecule has 3 amide bonds. The van der Waals surface area contributed by atoms with Crippen molar-refractivity contribution in [1.82, 2.24) is 16.0 Å². The van der Waals surface area contributed by atoms with Crippen LogP contribution in [0, 0.1) is 0 Å². The highest BCUT2D eigenvalue weighted by Gasteiger charge is 2.21. The van der Waals surface area contributed by atoms with Gasteiger partial charge in [0.2, 0.25) is 5.91 Å². The summed E-state index contributed by atoms with van der Waals surface area (Å²) < 4.78 is 21.9. The molecular formula is C10H19N3O6S. The highest BCUT2D eigenvalue weighted by atomic mass is 32.2. The van der Waals surface area contributed by atoms with Crippen LogP contribution >= 0.6 is 0 Å². The minimum Gasteiger partial charge on any atom is -0.480 e. The number of amides is 3. The van der Waals surface area contributed by atoms with Crippen LogP contribution in [0.3, 0.4) is 0 Å². The highest BCUT2D eigenvalue weighted by Crippen LogP contribution is 1.97. The first-order chi connectivity index (χ1) is 9.11. The number of carboxylic acid groups (broad SMARTS) is 1. The molecule has 0 aromatic heterocycles. The van der Waals surface area contributed by atoms with Gasteiger partial charge in [-0.05, 0) is 6.42 Å². The third-order valence-corrected chi connectivity index (χ3v) is 3.14. The lowest BCUT2D eigenvalue weighted by atomic mass is 10.2. The van der Waals surface area contributed by atoms with Crippen LogP contribution in [0.2, 0.25) is 0 Å². The molecule has 0 aromatic carbocycles. The molecule has 0 aliphatic rings. The van der Waals surface area contributed by atoms with E-state index in [1.807, 2.05) is 0 Å². The predicted octanol–water partition coefficient (Wildman–Crippen LogP) is -1.69. The first-order valence-corrected chi connectivity index (χ1v) is 7.87. The summed E-state index contributed by atoms with van der Waals surface area (Å²) in [5.41, 5.74) is 0. The second kappa shape index (κ2) is 8.35. The molecule has 0 aliphatic carbocycles. The maximum absolute atomic E-state index is 11.4. The molecule has 0 spiro atoms. The Hall–Kier alpha value is -1.84. The smallest absolute Gasteiger partial charge is 0.326 e. The van der Waals surface area contributed by atoms with Crippen LogP contribution in [-0.2, 0) is 19.4 Å². The molecular weight excluding hydrogens is 290 g/mol. The zero-order chi connectivity index (χ0) is 15.8. The number of carboxylic acids is 1. The standard InChI is InChI=1S/C10H19N3O6S/c1-7(14)11-4-5-12-10(17)13-8(9(15)16)3-6-20(2,18)19/h8H,3-6H2,1-2H3,(H,11,14)(H,15,16)(H2,12,13,17). The van der Waals surface area contributed by atoms with Crippen molar-refractivity contribution < 1.29 is 27.9 Å². The van der Waals surface area contributed by atoms with Gasteiger partial charge in [-0.15, -0.1) is 0 Å². The average Bonchev–Trinajstić information content (AvgIpc) is 2.28. The van der Waals surface area contributed by atoms with Gasteiger partial charge in [-0.3, -0.25) is 4.79 Å². The molecule has 0 rings (SSSR count). The first kappa shape index (κ1) is 18.2. The van der Waals surface area contributed by atoms with E-state index >= 15 is 0 Å². The number of hydrogen-bond donors (Lipinski definition) is 4. The van der Waals surface area contributed by atoms with E-state index in [4.69, 9.17) is 5.11 Å². The Bertz CT molecular complexity index is 462. The molecule has 0 heterocycles. The fourth-order valence-electron chi connectivity index (χ4n) is 1.21. The molecule has 0 radical (unpaired) electrons. The van der Waals surface area contributed by atoms with Gasteiger partial charge in [0, 0.05) is 26.3 Å². The summed E-state index contributed by atoms with van der Waals surface area (Å²) in [6.07, 6.45) is 0.771. The van der Waals surface area contributed by atoms with Gasteiger partial charge < -0.3 is 21.1 Å². The fraction of sp³-hybridized carbons (Fsp3) is 0.700. The Morgan fingerprint density at radius 2 is 1.70 bits per heavy atom. The molecule has 4 N–H and O–H groups in total. The molecule has 0 aromatic rings. The van der Waals surface area contributed by atoms with E-state index in [0.717, 1.165) is 6.26 Å². The Balaban J connectivity index is 4.15. The van der Waals surface area contributed by atoms with Crippen molar-refractivity contribution in [3.8, 4) is 0 Å². The van der Waals surface area contributed by atoms with Gasteiger partial charge in [-0.1, -0.05) is 0 Å². The fourth-order valence-corrected chi connectivity index (χ4v) is 1.88. The molecule has 1 unspecified atom stereocenters. The van der Waals surface area contributed by atoms with Crippen molar-refractivity contribution in [1.29, 1.82) is 0 Å². The maximum atomic E-state index is 11.4. The predicted molar refractivity (Wildman–Crippen MR) is 71.0 cm³/mol. The van der Waals surface area contributed by atoms with Crippen molar-refractivity contribution in [3.63, 3.8) is 0 Å². The van der Waals surface area contributed by atoms with E-state index in [1.165, 1.54) is 6.92 Å². The quantitative estimate of drug-likeness (QED) is 0.394. The third-order valence-electron chi connectivity index (χ3n) is 2.17. The van der Waals surface area contributed by atoms with E-state index in [-0.39, 0.29) is 31.2 Å². The molecule has 0 aliphatic heterocycles. The largest absolute Gasteiger partial charge is 0.480 e. The average molecular weight is 309 g/mol. The molecule has 0 saturated heterocycles. The first-order valence-electron chi connectivity index (χ1n) is 5.81. The Labute approximate surface area is 117 Å². The number of hydrogen-bond acceptors (Lipinski definition) is 5. The summed E-state index contributed by atoms with van der Waals surface area (Å²) in [6.45, 7) is 1.67. The van der Waals surface area contributed by atoms with Crippen LogP contribution in [0.5, 0.6) is 0 Å². The molecule has 116 valence electrons. The summed E-state index contributed by atoms with van der Waals surface area (Å²) in [5.74, 6) is -1.90. The second-order valence-corrected chi connectivity index (χ2v) is 6.45. The van der Waals surface area contributed by atoms with Crippen LogP contribution in [0.1, 0.15) is 13.3 Å². The number of aliphatic carboxylic acids is 1. The van der Waals surface area contributed by atoms with Gasteiger partial charge in [0.1, 0.15) is 15.9 Å². The van der Waals surface area contributed by atoms with Crippen molar-refractivity contribution >= 4 is 27.7 Å². The summed E-state index contributed by atoms with van der Waals surface area (Å²) in [6, 6.07) is -2.03. The van der Waals surface area contributed by atoms with Gasteiger partial charge in [-0.25, -0.2) is 18.0 Å². The van der Waals surface area contributed by atoms with Crippen LogP contribution in [0.15, 0.2) is 0 Å². The van der Waals surface area contributed by atoms with Crippen LogP contribution in [0.4, 0.5) is 4.79 Å². The van der Waals surface area contributed by atoms with Crippen molar-refractivity contribution in [2.24, 2.45) is 0 Å². The number of rotatable bonds is 8.